The maximum Gasteiger partial charge on any atom is 0.244 e. The number of para-hydroxylation sites is 2. The van der Waals surface area contributed by atoms with Gasteiger partial charge < -0.3 is 15.5 Å². The van der Waals surface area contributed by atoms with Gasteiger partial charge in [-0.1, -0.05) is 32.9 Å². The molecule has 1 aromatic carbocycles. The van der Waals surface area contributed by atoms with Crippen LogP contribution in [-0.2, 0) is 4.79 Å². The molecule has 0 saturated heterocycles. The van der Waals surface area contributed by atoms with Crippen LogP contribution < -0.4 is 15.5 Å². The Hall–Kier alpha value is -1.55. The van der Waals surface area contributed by atoms with Crippen molar-refractivity contribution in [2.45, 2.75) is 26.8 Å². The zero-order valence-corrected chi connectivity index (χ0v) is 12.2. The van der Waals surface area contributed by atoms with E-state index in [9.17, 15) is 4.79 Å². The second-order valence-electron chi connectivity index (χ2n) is 6.24. The van der Waals surface area contributed by atoms with Gasteiger partial charge in [-0.3, -0.25) is 4.79 Å². The number of carbonyl (C=O) groups is 1. The third kappa shape index (κ3) is 2.59. The Morgan fingerprint density at radius 3 is 2.37 bits per heavy atom. The molecule has 1 amide bonds. The van der Waals surface area contributed by atoms with Gasteiger partial charge in [0.2, 0.25) is 5.91 Å². The Bertz CT molecular complexity index is 479. The topological polar surface area (TPSA) is 49.6 Å². The van der Waals surface area contributed by atoms with Crippen LogP contribution in [0.25, 0.3) is 0 Å². The Morgan fingerprint density at radius 2 is 1.79 bits per heavy atom. The summed E-state index contributed by atoms with van der Waals surface area (Å²) in [4.78, 5) is 16.6. The lowest BCUT2D eigenvalue weighted by Gasteiger charge is -2.38. The zero-order valence-electron chi connectivity index (χ0n) is 12.2. The standard InChI is InChI=1S/C15H23N3O/c1-15(2,3)13(16)14(19)18-10-9-17(4)11-7-5-6-8-12(11)18/h5-8,13H,9-10,16H2,1-4H3. The average molecular weight is 261 g/mol. The highest BCUT2D eigenvalue weighted by molar-refractivity contribution is 6.01. The minimum atomic E-state index is -0.482. The number of anilines is 2. The number of nitrogens with two attached hydrogens (primary N) is 1. The van der Waals surface area contributed by atoms with Crippen molar-refractivity contribution in [3.05, 3.63) is 24.3 Å². The molecule has 0 spiro atoms. The SMILES string of the molecule is CN1CCN(C(=O)C(N)C(C)(C)C)c2ccccc21. The first-order chi connectivity index (χ1) is 8.82. The Kier molecular flexibility index (Phi) is 3.54. The van der Waals surface area contributed by atoms with E-state index in [4.69, 9.17) is 5.73 Å². The molecule has 0 saturated carbocycles. The van der Waals surface area contributed by atoms with Crippen molar-refractivity contribution in [3.8, 4) is 0 Å². The molecular formula is C15H23N3O. The van der Waals surface area contributed by atoms with Gasteiger partial charge >= 0.3 is 0 Å². The monoisotopic (exact) mass is 261 g/mol. The molecule has 4 nitrogen and oxygen atoms in total. The molecule has 2 N–H and O–H groups in total. The number of rotatable bonds is 1. The molecule has 1 heterocycles. The second kappa shape index (κ2) is 4.85. The predicted octanol–water partition coefficient (Wildman–Crippen LogP) is 1.84. The molecule has 1 atom stereocenters. The van der Waals surface area contributed by atoms with Crippen LogP contribution in [0.15, 0.2) is 24.3 Å². The van der Waals surface area contributed by atoms with Crippen molar-refractivity contribution in [1.29, 1.82) is 0 Å². The van der Waals surface area contributed by atoms with Crippen molar-refractivity contribution >= 4 is 17.3 Å². The van der Waals surface area contributed by atoms with Gasteiger partial charge in [-0.25, -0.2) is 0 Å². The third-order valence-electron chi connectivity index (χ3n) is 3.71. The van der Waals surface area contributed by atoms with Gasteiger partial charge in [0, 0.05) is 20.1 Å². The van der Waals surface area contributed by atoms with Gasteiger partial charge in [-0.15, -0.1) is 0 Å². The maximum absolute atomic E-state index is 12.6. The van der Waals surface area contributed by atoms with Crippen molar-refractivity contribution in [3.63, 3.8) is 0 Å². The molecule has 2 rings (SSSR count). The Labute approximate surface area is 115 Å². The molecule has 1 unspecified atom stereocenters. The molecule has 1 aliphatic heterocycles. The van der Waals surface area contributed by atoms with Gasteiger partial charge in [-0.2, -0.15) is 0 Å². The smallest absolute Gasteiger partial charge is 0.244 e. The second-order valence-corrected chi connectivity index (χ2v) is 6.24. The van der Waals surface area contributed by atoms with E-state index in [0.717, 1.165) is 17.9 Å². The number of nitrogens with zero attached hydrogens (tertiary/aromatic N) is 2. The lowest BCUT2D eigenvalue weighted by atomic mass is 9.86. The quantitative estimate of drug-likeness (QED) is 0.839. The molecule has 19 heavy (non-hydrogen) atoms. The fourth-order valence-corrected chi connectivity index (χ4v) is 2.27. The summed E-state index contributed by atoms with van der Waals surface area (Å²) in [5.74, 6) is 0.00745. The van der Waals surface area contributed by atoms with E-state index in [0.29, 0.717) is 6.54 Å². The molecule has 104 valence electrons. The molecule has 0 aliphatic carbocycles. The predicted molar refractivity (Wildman–Crippen MR) is 79.5 cm³/mol. The summed E-state index contributed by atoms with van der Waals surface area (Å²) < 4.78 is 0. The van der Waals surface area contributed by atoms with Gasteiger partial charge in [0.25, 0.3) is 0 Å². The Morgan fingerprint density at radius 1 is 1.21 bits per heavy atom. The van der Waals surface area contributed by atoms with E-state index in [-0.39, 0.29) is 11.3 Å². The molecule has 1 aliphatic rings. The lowest BCUT2D eigenvalue weighted by Crippen LogP contribution is -2.53. The highest BCUT2D eigenvalue weighted by atomic mass is 16.2. The van der Waals surface area contributed by atoms with Crippen LogP contribution in [-0.4, -0.2) is 32.1 Å². The summed E-state index contributed by atoms with van der Waals surface area (Å²) in [5.41, 5.74) is 7.93. The normalized spacial score (nSPS) is 17.1. The van der Waals surface area contributed by atoms with Gasteiger partial charge in [0.05, 0.1) is 17.4 Å². The molecule has 0 fully saturated rings. The van der Waals surface area contributed by atoms with Crippen LogP contribution in [0.5, 0.6) is 0 Å². The summed E-state index contributed by atoms with van der Waals surface area (Å²) >= 11 is 0. The van der Waals surface area contributed by atoms with Crippen molar-refractivity contribution in [1.82, 2.24) is 0 Å². The molecule has 4 heteroatoms. The van der Waals surface area contributed by atoms with Crippen LogP contribution in [0, 0.1) is 5.41 Å². The Balaban J connectivity index is 2.33. The van der Waals surface area contributed by atoms with E-state index in [1.54, 1.807) is 0 Å². The molecule has 0 bridgehead atoms. The molecule has 0 aromatic heterocycles. The van der Waals surface area contributed by atoms with E-state index in [1.165, 1.54) is 0 Å². The van der Waals surface area contributed by atoms with Crippen LogP contribution in [0.1, 0.15) is 20.8 Å². The number of amides is 1. The summed E-state index contributed by atoms with van der Waals surface area (Å²) in [6, 6.07) is 7.49. The summed E-state index contributed by atoms with van der Waals surface area (Å²) in [6.07, 6.45) is 0. The van der Waals surface area contributed by atoms with Gasteiger partial charge in [-0.05, 0) is 17.5 Å². The first-order valence-corrected chi connectivity index (χ1v) is 6.69. The summed E-state index contributed by atoms with van der Waals surface area (Å²) in [6.45, 7) is 7.52. The number of benzene rings is 1. The number of hydrogen-bond acceptors (Lipinski definition) is 3. The first kappa shape index (κ1) is 13.9. The van der Waals surface area contributed by atoms with Crippen LogP contribution >= 0.6 is 0 Å². The minimum absolute atomic E-state index is 0.00745. The maximum atomic E-state index is 12.6. The van der Waals surface area contributed by atoms with Crippen LogP contribution in [0.3, 0.4) is 0 Å². The van der Waals surface area contributed by atoms with E-state index in [2.05, 4.69) is 4.90 Å². The van der Waals surface area contributed by atoms with E-state index < -0.39 is 6.04 Å². The fraction of sp³-hybridized carbons (Fsp3) is 0.533. The van der Waals surface area contributed by atoms with Crippen molar-refractivity contribution in [2.24, 2.45) is 11.1 Å². The van der Waals surface area contributed by atoms with Gasteiger partial charge in [0.1, 0.15) is 0 Å². The number of hydrogen-bond donors (Lipinski definition) is 1. The number of fused-ring (bicyclic) bond motifs is 1. The highest BCUT2D eigenvalue weighted by Crippen LogP contribution is 2.33. The highest BCUT2D eigenvalue weighted by Gasteiger charge is 2.34. The van der Waals surface area contributed by atoms with Gasteiger partial charge in [0.15, 0.2) is 0 Å². The van der Waals surface area contributed by atoms with Crippen molar-refractivity contribution in [2.75, 3.05) is 29.9 Å². The van der Waals surface area contributed by atoms with Crippen molar-refractivity contribution < 1.29 is 4.79 Å². The van der Waals surface area contributed by atoms with Crippen LogP contribution in [0.4, 0.5) is 11.4 Å². The van der Waals surface area contributed by atoms with E-state index in [1.807, 2.05) is 57.0 Å². The average Bonchev–Trinajstić information content (AvgIpc) is 2.37. The lowest BCUT2D eigenvalue weighted by molar-refractivity contribution is -0.121. The fourth-order valence-electron chi connectivity index (χ4n) is 2.27. The summed E-state index contributed by atoms with van der Waals surface area (Å²) in [7, 11) is 2.05. The minimum Gasteiger partial charge on any atom is -0.371 e. The number of likely N-dealkylation sites (N-methyl/N-ethyl adjacent to an activating group) is 1. The largest absolute Gasteiger partial charge is 0.371 e. The van der Waals surface area contributed by atoms with E-state index >= 15 is 0 Å². The number of carbonyl (C=O) groups excluding carboxylic acids is 1. The third-order valence-corrected chi connectivity index (χ3v) is 3.71. The molecule has 0 radical (unpaired) electrons. The molecular weight excluding hydrogens is 238 g/mol. The van der Waals surface area contributed by atoms with Crippen LogP contribution in [0.2, 0.25) is 0 Å². The summed E-state index contributed by atoms with van der Waals surface area (Å²) in [5, 5.41) is 0. The zero-order chi connectivity index (χ0) is 14.2. The molecule has 1 aromatic rings. The first-order valence-electron chi connectivity index (χ1n) is 6.69.